The zero-order valence-corrected chi connectivity index (χ0v) is 19.5. The number of nitrogens with one attached hydrogen (secondary N) is 1. The summed E-state index contributed by atoms with van der Waals surface area (Å²) in [5.41, 5.74) is 2.95. The SMILES string of the molecule is Cc1occc1-c1nnc(SC(C)C(=O)c2ccc3c(c2)NC(=O)CO3)n1Cc1ccccc1. The highest BCUT2D eigenvalue weighted by molar-refractivity contribution is 8.00. The fourth-order valence-corrected chi connectivity index (χ4v) is 4.71. The number of carbonyl (C=O) groups excluding carboxylic acids is 2. The van der Waals surface area contributed by atoms with Gasteiger partial charge in [-0.2, -0.15) is 0 Å². The highest BCUT2D eigenvalue weighted by Crippen LogP contribution is 2.33. The number of aromatic nitrogens is 3. The van der Waals surface area contributed by atoms with Gasteiger partial charge in [-0.15, -0.1) is 10.2 Å². The molecule has 8 nitrogen and oxygen atoms in total. The van der Waals surface area contributed by atoms with Crippen molar-refractivity contribution in [3.63, 3.8) is 0 Å². The van der Waals surface area contributed by atoms with Gasteiger partial charge in [-0.25, -0.2) is 0 Å². The minimum Gasteiger partial charge on any atom is -0.482 e. The molecule has 3 heterocycles. The lowest BCUT2D eigenvalue weighted by Gasteiger charge is -2.19. The summed E-state index contributed by atoms with van der Waals surface area (Å²) < 4.78 is 12.9. The van der Waals surface area contributed by atoms with Crippen molar-refractivity contribution >= 4 is 29.1 Å². The molecule has 1 aliphatic rings. The van der Waals surface area contributed by atoms with Crippen molar-refractivity contribution in [2.24, 2.45) is 0 Å². The predicted octanol–water partition coefficient (Wildman–Crippen LogP) is 4.59. The fourth-order valence-electron chi connectivity index (χ4n) is 3.78. The van der Waals surface area contributed by atoms with Crippen molar-refractivity contribution in [2.75, 3.05) is 11.9 Å². The molecule has 0 bridgehead atoms. The van der Waals surface area contributed by atoms with E-state index in [2.05, 4.69) is 15.5 Å². The van der Waals surface area contributed by atoms with E-state index in [4.69, 9.17) is 9.15 Å². The van der Waals surface area contributed by atoms with Crippen molar-refractivity contribution in [3.05, 3.63) is 77.7 Å². The predicted molar refractivity (Wildman–Crippen MR) is 128 cm³/mol. The Morgan fingerprint density at radius 2 is 2.00 bits per heavy atom. The summed E-state index contributed by atoms with van der Waals surface area (Å²) >= 11 is 1.34. The van der Waals surface area contributed by atoms with E-state index in [1.165, 1.54) is 11.8 Å². The summed E-state index contributed by atoms with van der Waals surface area (Å²) in [4.78, 5) is 24.9. The molecule has 1 aliphatic heterocycles. The number of carbonyl (C=O) groups is 2. The van der Waals surface area contributed by atoms with Gasteiger partial charge in [0.15, 0.2) is 23.4 Å². The topological polar surface area (TPSA) is 99.2 Å². The lowest BCUT2D eigenvalue weighted by atomic mass is 10.1. The van der Waals surface area contributed by atoms with E-state index in [1.807, 2.05) is 54.8 Å². The maximum absolute atomic E-state index is 13.2. The van der Waals surface area contributed by atoms with Gasteiger partial charge in [-0.3, -0.25) is 14.2 Å². The van der Waals surface area contributed by atoms with E-state index in [9.17, 15) is 9.59 Å². The molecule has 0 saturated carbocycles. The molecule has 4 aromatic rings. The smallest absolute Gasteiger partial charge is 0.262 e. The van der Waals surface area contributed by atoms with Gasteiger partial charge in [0.25, 0.3) is 5.91 Å². The number of nitrogens with zero attached hydrogens (tertiary/aromatic N) is 3. The highest BCUT2D eigenvalue weighted by Gasteiger charge is 2.25. The first-order chi connectivity index (χ1) is 16.5. The number of aryl methyl sites for hydroxylation is 1. The molecule has 0 spiro atoms. The monoisotopic (exact) mass is 474 g/mol. The summed E-state index contributed by atoms with van der Waals surface area (Å²) in [6.07, 6.45) is 1.63. The van der Waals surface area contributed by atoms with Crippen molar-refractivity contribution in [1.29, 1.82) is 0 Å². The first kappa shape index (κ1) is 22.0. The average molecular weight is 475 g/mol. The van der Waals surface area contributed by atoms with Crippen LogP contribution in [0.3, 0.4) is 0 Å². The second-order valence-electron chi connectivity index (χ2n) is 7.94. The maximum atomic E-state index is 13.2. The van der Waals surface area contributed by atoms with E-state index in [1.54, 1.807) is 24.5 Å². The minimum atomic E-state index is -0.435. The number of hydrogen-bond donors (Lipinski definition) is 1. The van der Waals surface area contributed by atoms with E-state index < -0.39 is 5.25 Å². The van der Waals surface area contributed by atoms with Crippen LogP contribution in [-0.4, -0.2) is 38.3 Å². The Morgan fingerprint density at radius 3 is 2.76 bits per heavy atom. The van der Waals surface area contributed by atoms with Crippen LogP contribution in [0.4, 0.5) is 5.69 Å². The van der Waals surface area contributed by atoms with Gasteiger partial charge < -0.3 is 14.5 Å². The first-order valence-electron chi connectivity index (χ1n) is 10.8. The molecular weight excluding hydrogens is 452 g/mol. The number of ketones is 1. The van der Waals surface area contributed by atoms with Crippen LogP contribution in [0.15, 0.2) is 70.4 Å². The number of benzene rings is 2. The van der Waals surface area contributed by atoms with Gasteiger partial charge in [-0.05, 0) is 43.7 Å². The number of hydrogen-bond acceptors (Lipinski definition) is 7. The molecule has 2 aromatic carbocycles. The lowest BCUT2D eigenvalue weighted by Crippen LogP contribution is -2.25. The Kier molecular flexibility index (Phi) is 5.93. The van der Waals surface area contributed by atoms with Gasteiger partial charge in [0, 0.05) is 5.56 Å². The fraction of sp³-hybridized carbons (Fsp3) is 0.200. The molecule has 5 rings (SSSR count). The van der Waals surface area contributed by atoms with Crippen LogP contribution < -0.4 is 10.1 Å². The quantitative estimate of drug-likeness (QED) is 0.309. The Morgan fingerprint density at radius 1 is 1.18 bits per heavy atom. The van der Waals surface area contributed by atoms with Crippen LogP contribution in [-0.2, 0) is 11.3 Å². The molecule has 0 saturated heterocycles. The van der Waals surface area contributed by atoms with Crippen LogP contribution in [0.1, 0.15) is 28.6 Å². The Bertz CT molecular complexity index is 1360. The van der Waals surface area contributed by atoms with Gasteiger partial charge in [0.2, 0.25) is 0 Å². The third-order valence-electron chi connectivity index (χ3n) is 5.55. The number of ether oxygens (including phenoxy) is 1. The number of rotatable bonds is 7. The third kappa shape index (κ3) is 4.34. The minimum absolute atomic E-state index is 0.0257. The molecule has 9 heteroatoms. The number of anilines is 1. The number of thioether (sulfide) groups is 1. The molecule has 1 unspecified atom stereocenters. The summed E-state index contributed by atoms with van der Waals surface area (Å²) in [6.45, 7) is 4.25. The van der Waals surface area contributed by atoms with Crippen LogP contribution in [0.25, 0.3) is 11.4 Å². The van der Waals surface area contributed by atoms with Crippen LogP contribution >= 0.6 is 11.8 Å². The molecule has 1 amide bonds. The standard InChI is InChI=1S/C25H22N4O4S/c1-15-19(10-11-32-15)24-27-28-25(29(24)13-17-6-4-3-5-7-17)34-16(2)23(31)18-8-9-21-20(12-18)26-22(30)14-33-21/h3-12,16H,13-14H2,1-2H3,(H,26,30). The molecule has 0 radical (unpaired) electrons. The molecule has 0 aliphatic carbocycles. The van der Waals surface area contributed by atoms with Crippen molar-refractivity contribution < 1.29 is 18.7 Å². The van der Waals surface area contributed by atoms with E-state index in [0.29, 0.717) is 34.5 Å². The van der Waals surface area contributed by atoms with Gasteiger partial charge in [-0.1, -0.05) is 42.1 Å². The van der Waals surface area contributed by atoms with Gasteiger partial charge >= 0.3 is 0 Å². The van der Waals surface area contributed by atoms with Crippen molar-refractivity contribution in [2.45, 2.75) is 30.8 Å². The van der Waals surface area contributed by atoms with E-state index >= 15 is 0 Å². The molecule has 0 fully saturated rings. The third-order valence-corrected chi connectivity index (χ3v) is 6.63. The van der Waals surface area contributed by atoms with Crippen LogP contribution in [0.5, 0.6) is 5.75 Å². The van der Waals surface area contributed by atoms with Crippen molar-refractivity contribution in [1.82, 2.24) is 14.8 Å². The van der Waals surface area contributed by atoms with E-state index in [0.717, 1.165) is 16.9 Å². The average Bonchev–Trinajstić information content (AvgIpc) is 3.44. The zero-order chi connectivity index (χ0) is 23.7. The van der Waals surface area contributed by atoms with Gasteiger partial charge in [0.1, 0.15) is 11.5 Å². The highest BCUT2D eigenvalue weighted by atomic mass is 32.2. The Balaban J connectivity index is 1.43. The molecular formula is C25H22N4O4S. The first-order valence-corrected chi connectivity index (χ1v) is 11.7. The number of fused-ring (bicyclic) bond motifs is 1. The number of furan rings is 1. The molecule has 1 N–H and O–H groups in total. The van der Waals surface area contributed by atoms with E-state index in [-0.39, 0.29) is 18.3 Å². The van der Waals surface area contributed by atoms with Crippen LogP contribution in [0.2, 0.25) is 0 Å². The lowest BCUT2D eigenvalue weighted by molar-refractivity contribution is -0.118. The maximum Gasteiger partial charge on any atom is 0.262 e. The summed E-state index contributed by atoms with van der Waals surface area (Å²) in [5.74, 6) is 1.67. The van der Waals surface area contributed by atoms with Crippen molar-refractivity contribution in [3.8, 4) is 17.1 Å². The number of amides is 1. The summed E-state index contributed by atoms with van der Waals surface area (Å²) in [5, 5.41) is 11.8. The van der Waals surface area contributed by atoms with Crippen LogP contribution in [0, 0.1) is 6.92 Å². The molecule has 2 aromatic heterocycles. The summed E-state index contributed by atoms with van der Waals surface area (Å²) in [7, 11) is 0. The second-order valence-corrected chi connectivity index (χ2v) is 9.25. The molecule has 172 valence electrons. The Labute approximate surface area is 200 Å². The largest absolute Gasteiger partial charge is 0.482 e. The normalized spacial score (nSPS) is 13.6. The second kappa shape index (κ2) is 9.18. The molecule has 1 atom stereocenters. The summed E-state index contributed by atoms with van der Waals surface area (Å²) in [6, 6.07) is 17.0. The molecule has 34 heavy (non-hydrogen) atoms. The number of Topliss-reactive ketones (excluding diaryl/α,β-unsaturated/α-hetero) is 1. The Hall–Kier alpha value is -3.85. The van der Waals surface area contributed by atoms with Gasteiger partial charge in [0.05, 0.1) is 29.3 Å². The zero-order valence-electron chi connectivity index (χ0n) is 18.6.